The summed E-state index contributed by atoms with van der Waals surface area (Å²) in [6.07, 6.45) is 6.17. The average molecular weight is 503 g/mol. The summed E-state index contributed by atoms with van der Waals surface area (Å²) in [6.45, 7) is 3.28. The molecule has 0 N–H and O–H groups in total. The highest BCUT2D eigenvalue weighted by Gasteiger charge is 2.29. The summed E-state index contributed by atoms with van der Waals surface area (Å²) in [7, 11) is 0. The third-order valence-corrected chi connectivity index (χ3v) is 7.17. The van der Waals surface area contributed by atoms with E-state index in [2.05, 4.69) is 19.9 Å². The maximum absolute atomic E-state index is 12.4. The summed E-state index contributed by atoms with van der Waals surface area (Å²) in [5.74, 6) is 0.822. The number of aryl methyl sites for hydroxylation is 1. The molecule has 0 bridgehead atoms. The van der Waals surface area contributed by atoms with Crippen molar-refractivity contribution in [1.82, 2.24) is 14.9 Å². The lowest BCUT2D eigenvalue weighted by atomic mass is 9.81. The molecule has 0 spiro atoms. The Morgan fingerprint density at radius 2 is 1.94 bits per heavy atom. The molecule has 2 aliphatic rings. The molecule has 2 aromatic heterocycles. The number of hydrogen-bond donors (Lipinski definition) is 0. The maximum Gasteiger partial charge on any atom is 0.422 e. The number of carbonyl (C=O) groups is 1. The first kappa shape index (κ1) is 26.3. The SMILES string of the molecule is Cc1ncccc1C(=O)N=CC1CCC(CCN2CCc3ccc(OCC(F)(F)F)nc3CC2)CC1. The van der Waals surface area contributed by atoms with Gasteiger partial charge in [-0.15, -0.1) is 0 Å². The van der Waals surface area contributed by atoms with Gasteiger partial charge < -0.3 is 9.64 Å². The molecule has 1 aliphatic carbocycles. The molecule has 9 heteroatoms. The van der Waals surface area contributed by atoms with Crippen molar-refractivity contribution in [2.45, 2.75) is 58.0 Å². The van der Waals surface area contributed by atoms with Crippen LogP contribution in [0.15, 0.2) is 35.5 Å². The molecule has 0 atom stereocenters. The zero-order chi connectivity index (χ0) is 25.5. The fourth-order valence-electron chi connectivity index (χ4n) is 5.01. The van der Waals surface area contributed by atoms with E-state index in [9.17, 15) is 18.0 Å². The quantitative estimate of drug-likeness (QED) is 0.485. The van der Waals surface area contributed by atoms with Gasteiger partial charge in [-0.05, 0) is 81.5 Å². The topological polar surface area (TPSA) is 67.7 Å². The molecule has 0 aromatic carbocycles. The van der Waals surface area contributed by atoms with Gasteiger partial charge in [-0.3, -0.25) is 9.78 Å². The van der Waals surface area contributed by atoms with Crippen LogP contribution in [-0.4, -0.2) is 59.4 Å². The molecular formula is C27H33F3N4O2. The van der Waals surface area contributed by atoms with E-state index in [1.807, 2.05) is 19.2 Å². The number of rotatable bonds is 7. The average Bonchev–Trinajstić information content (AvgIpc) is 3.07. The third-order valence-electron chi connectivity index (χ3n) is 7.17. The van der Waals surface area contributed by atoms with Crippen molar-refractivity contribution in [3.05, 3.63) is 53.0 Å². The Balaban J connectivity index is 1.19. The van der Waals surface area contributed by atoms with Gasteiger partial charge in [-0.1, -0.05) is 6.07 Å². The minimum atomic E-state index is -4.37. The minimum Gasteiger partial charge on any atom is -0.468 e. The van der Waals surface area contributed by atoms with Crippen LogP contribution in [-0.2, 0) is 12.8 Å². The highest BCUT2D eigenvalue weighted by atomic mass is 19.4. The number of pyridine rings is 2. The van der Waals surface area contributed by atoms with Crippen molar-refractivity contribution in [2.24, 2.45) is 16.8 Å². The molecule has 6 nitrogen and oxygen atoms in total. The molecule has 4 rings (SSSR count). The van der Waals surface area contributed by atoms with E-state index in [0.29, 0.717) is 29.5 Å². The van der Waals surface area contributed by atoms with Crippen LogP contribution in [0.5, 0.6) is 5.88 Å². The molecule has 36 heavy (non-hydrogen) atoms. The number of aliphatic imine (C=N–C) groups is 1. The van der Waals surface area contributed by atoms with Gasteiger partial charge >= 0.3 is 6.18 Å². The van der Waals surface area contributed by atoms with Crippen molar-refractivity contribution >= 4 is 12.1 Å². The van der Waals surface area contributed by atoms with E-state index < -0.39 is 12.8 Å². The maximum atomic E-state index is 12.4. The lowest BCUT2D eigenvalue weighted by molar-refractivity contribution is -0.154. The first-order valence-electron chi connectivity index (χ1n) is 12.7. The van der Waals surface area contributed by atoms with Crippen LogP contribution in [0.4, 0.5) is 13.2 Å². The Kier molecular flexibility index (Phi) is 8.72. The van der Waals surface area contributed by atoms with Crippen molar-refractivity contribution in [3.63, 3.8) is 0 Å². The van der Waals surface area contributed by atoms with Crippen LogP contribution < -0.4 is 4.74 Å². The molecule has 0 saturated heterocycles. The summed E-state index contributed by atoms with van der Waals surface area (Å²) < 4.78 is 42.1. The summed E-state index contributed by atoms with van der Waals surface area (Å²) in [5, 5.41) is 0. The monoisotopic (exact) mass is 502 g/mol. The Hall–Kier alpha value is -2.81. The summed E-state index contributed by atoms with van der Waals surface area (Å²) >= 11 is 0. The number of halogens is 3. The van der Waals surface area contributed by atoms with Crippen LogP contribution in [0, 0.1) is 18.8 Å². The van der Waals surface area contributed by atoms with Crippen LogP contribution in [0.25, 0.3) is 0 Å². The Bertz CT molecular complexity index is 1070. The van der Waals surface area contributed by atoms with Crippen LogP contribution >= 0.6 is 0 Å². The van der Waals surface area contributed by atoms with Gasteiger partial charge in [0.05, 0.1) is 11.3 Å². The first-order chi connectivity index (χ1) is 17.3. The second kappa shape index (κ2) is 12.0. The molecule has 1 aliphatic heterocycles. The number of aromatic nitrogens is 2. The highest BCUT2D eigenvalue weighted by molar-refractivity contribution is 5.99. The predicted octanol–water partition coefficient (Wildman–Crippen LogP) is 5.23. The number of nitrogens with zero attached hydrogens (tertiary/aromatic N) is 4. The van der Waals surface area contributed by atoms with Gasteiger partial charge in [0.25, 0.3) is 5.91 Å². The minimum absolute atomic E-state index is 0.0390. The third kappa shape index (κ3) is 7.59. The second-order valence-electron chi connectivity index (χ2n) is 9.79. The van der Waals surface area contributed by atoms with Crippen molar-refractivity contribution < 1.29 is 22.7 Å². The number of amides is 1. The number of carbonyl (C=O) groups excluding carboxylic acids is 1. The van der Waals surface area contributed by atoms with E-state index >= 15 is 0 Å². The largest absolute Gasteiger partial charge is 0.468 e. The van der Waals surface area contributed by atoms with Crippen LogP contribution in [0.3, 0.4) is 0 Å². The zero-order valence-electron chi connectivity index (χ0n) is 20.6. The summed E-state index contributed by atoms with van der Waals surface area (Å²) in [6, 6.07) is 6.90. The lowest BCUT2D eigenvalue weighted by Crippen LogP contribution is -2.29. The van der Waals surface area contributed by atoms with Gasteiger partial charge in [-0.25, -0.2) is 9.98 Å². The first-order valence-corrected chi connectivity index (χ1v) is 12.7. The predicted molar refractivity (Wildman–Crippen MR) is 131 cm³/mol. The summed E-state index contributed by atoms with van der Waals surface area (Å²) in [5.41, 5.74) is 3.19. The number of fused-ring (bicyclic) bond motifs is 1. The molecule has 1 saturated carbocycles. The standard InChI is InChI=1S/C27H33F3N4O2/c1-19-23(3-2-13-31-19)26(35)32-17-21-6-4-20(5-7-21)10-14-34-15-11-22-8-9-25(33-24(22)12-16-34)36-18-27(28,29)30/h2-3,8-9,13,17,20-21H,4-7,10-12,14-16,18H2,1H3. The van der Waals surface area contributed by atoms with Crippen LogP contribution in [0.2, 0.25) is 0 Å². The molecule has 0 radical (unpaired) electrons. The molecule has 3 heterocycles. The van der Waals surface area contributed by atoms with E-state index in [4.69, 9.17) is 4.74 Å². The Labute approximate surface area is 210 Å². The smallest absolute Gasteiger partial charge is 0.422 e. The molecule has 0 unspecified atom stereocenters. The highest BCUT2D eigenvalue weighted by Crippen LogP contribution is 2.30. The number of hydrogen-bond acceptors (Lipinski definition) is 5. The lowest BCUT2D eigenvalue weighted by Gasteiger charge is -2.28. The second-order valence-corrected chi connectivity index (χ2v) is 9.79. The molecule has 1 amide bonds. The van der Waals surface area contributed by atoms with Gasteiger partial charge in [0, 0.05) is 43.7 Å². The van der Waals surface area contributed by atoms with Gasteiger partial charge in [0.15, 0.2) is 6.61 Å². The molecule has 2 aromatic rings. The Morgan fingerprint density at radius 3 is 2.69 bits per heavy atom. The Morgan fingerprint density at radius 1 is 1.17 bits per heavy atom. The fourth-order valence-corrected chi connectivity index (χ4v) is 5.01. The van der Waals surface area contributed by atoms with E-state index in [-0.39, 0.29) is 11.8 Å². The molecule has 194 valence electrons. The van der Waals surface area contributed by atoms with Crippen molar-refractivity contribution in [2.75, 3.05) is 26.2 Å². The van der Waals surface area contributed by atoms with Gasteiger partial charge in [-0.2, -0.15) is 13.2 Å². The number of ether oxygens (including phenoxy) is 1. The summed E-state index contributed by atoms with van der Waals surface area (Å²) in [4.78, 5) is 27.5. The van der Waals surface area contributed by atoms with E-state index in [1.54, 1.807) is 18.3 Å². The number of alkyl halides is 3. The normalized spacial score (nSPS) is 21.2. The fraction of sp³-hybridized carbons (Fsp3) is 0.556. The zero-order valence-corrected chi connectivity index (χ0v) is 20.6. The van der Waals surface area contributed by atoms with E-state index in [1.165, 1.54) is 6.07 Å². The van der Waals surface area contributed by atoms with Crippen molar-refractivity contribution in [3.8, 4) is 5.88 Å². The van der Waals surface area contributed by atoms with E-state index in [0.717, 1.165) is 69.4 Å². The molecular weight excluding hydrogens is 469 g/mol. The van der Waals surface area contributed by atoms with Crippen molar-refractivity contribution in [1.29, 1.82) is 0 Å². The van der Waals surface area contributed by atoms with Gasteiger partial charge in [0.1, 0.15) is 0 Å². The molecule has 1 fully saturated rings. The van der Waals surface area contributed by atoms with Gasteiger partial charge in [0.2, 0.25) is 5.88 Å². The van der Waals surface area contributed by atoms with Crippen LogP contribution in [0.1, 0.15) is 59.4 Å².